The van der Waals surface area contributed by atoms with Gasteiger partial charge in [0.1, 0.15) is 5.82 Å². The van der Waals surface area contributed by atoms with Gasteiger partial charge < -0.3 is 19.5 Å². The summed E-state index contributed by atoms with van der Waals surface area (Å²) in [5.41, 5.74) is 1.33. The van der Waals surface area contributed by atoms with Crippen molar-refractivity contribution in [3.8, 4) is 11.5 Å². The van der Waals surface area contributed by atoms with Gasteiger partial charge in [-0.05, 0) is 41.5 Å². The first kappa shape index (κ1) is 21.2. The summed E-state index contributed by atoms with van der Waals surface area (Å²) in [5, 5.41) is 2.90. The van der Waals surface area contributed by atoms with E-state index in [0.29, 0.717) is 22.1 Å². The molecule has 2 rings (SSSR count). The lowest BCUT2D eigenvalue weighted by Gasteiger charge is -2.10. The third-order valence-corrected chi connectivity index (χ3v) is 3.90. The number of esters is 1. The van der Waals surface area contributed by atoms with E-state index < -0.39 is 18.5 Å². The van der Waals surface area contributed by atoms with Crippen LogP contribution in [0.2, 0.25) is 5.02 Å². The monoisotopic (exact) mass is 407 g/mol. The summed E-state index contributed by atoms with van der Waals surface area (Å²) in [6, 6.07) is 8.95. The Balaban J connectivity index is 1.84. The van der Waals surface area contributed by atoms with Crippen LogP contribution in [0.1, 0.15) is 11.1 Å². The van der Waals surface area contributed by atoms with Gasteiger partial charge in [-0.25, -0.2) is 9.18 Å². The Morgan fingerprint density at radius 1 is 1.14 bits per heavy atom. The highest BCUT2D eigenvalue weighted by Crippen LogP contribution is 2.36. The number of amides is 1. The molecular weight excluding hydrogens is 389 g/mol. The first-order chi connectivity index (χ1) is 13.4. The molecule has 0 atom stereocenters. The van der Waals surface area contributed by atoms with Crippen LogP contribution in [0.5, 0.6) is 11.5 Å². The van der Waals surface area contributed by atoms with Gasteiger partial charge in [0.05, 0.1) is 19.2 Å². The predicted molar refractivity (Wildman–Crippen MR) is 103 cm³/mol. The van der Waals surface area contributed by atoms with Crippen LogP contribution in [0.4, 0.5) is 4.39 Å². The third kappa shape index (κ3) is 6.28. The van der Waals surface area contributed by atoms with Crippen LogP contribution in [0.25, 0.3) is 6.08 Å². The van der Waals surface area contributed by atoms with E-state index in [1.165, 1.54) is 38.5 Å². The largest absolute Gasteiger partial charge is 0.493 e. The van der Waals surface area contributed by atoms with Crippen molar-refractivity contribution < 1.29 is 28.2 Å². The van der Waals surface area contributed by atoms with Crippen LogP contribution in [-0.2, 0) is 20.9 Å². The molecule has 2 aromatic carbocycles. The average molecular weight is 408 g/mol. The lowest BCUT2D eigenvalue weighted by atomic mass is 10.2. The molecular formula is C20H19ClFNO5. The first-order valence-corrected chi connectivity index (χ1v) is 8.58. The zero-order valence-corrected chi connectivity index (χ0v) is 16.1. The minimum Gasteiger partial charge on any atom is -0.493 e. The van der Waals surface area contributed by atoms with E-state index in [4.69, 9.17) is 25.8 Å². The summed E-state index contributed by atoms with van der Waals surface area (Å²) >= 11 is 6.10. The summed E-state index contributed by atoms with van der Waals surface area (Å²) in [4.78, 5) is 23.5. The Morgan fingerprint density at radius 3 is 2.50 bits per heavy atom. The molecule has 0 saturated carbocycles. The van der Waals surface area contributed by atoms with Crippen molar-refractivity contribution in [3.05, 3.63) is 64.4 Å². The number of hydrogen-bond acceptors (Lipinski definition) is 5. The molecule has 0 aliphatic rings. The lowest BCUT2D eigenvalue weighted by Crippen LogP contribution is -2.28. The summed E-state index contributed by atoms with van der Waals surface area (Å²) < 4.78 is 28.0. The van der Waals surface area contributed by atoms with E-state index in [9.17, 15) is 14.0 Å². The van der Waals surface area contributed by atoms with Crippen LogP contribution in [0, 0.1) is 5.82 Å². The molecule has 148 valence electrons. The molecule has 8 heteroatoms. The SMILES string of the molecule is COc1cc(/C=C/C(=O)OCC(=O)NCc2ccc(F)cc2)cc(Cl)c1OC. The lowest BCUT2D eigenvalue weighted by molar-refractivity contribution is -0.143. The molecule has 0 heterocycles. The fourth-order valence-electron chi connectivity index (χ4n) is 2.24. The highest BCUT2D eigenvalue weighted by Gasteiger charge is 2.10. The van der Waals surface area contributed by atoms with Crippen molar-refractivity contribution in [1.82, 2.24) is 5.32 Å². The quantitative estimate of drug-likeness (QED) is 0.536. The van der Waals surface area contributed by atoms with E-state index >= 15 is 0 Å². The molecule has 1 N–H and O–H groups in total. The molecule has 0 saturated heterocycles. The van der Waals surface area contributed by atoms with Gasteiger partial charge in [-0.1, -0.05) is 23.7 Å². The maximum Gasteiger partial charge on any atom is 0.331 e. The molecule has 0 radical (unpaired) electrons. The third-order valence-electron chi connectivity index (χ3n) is 3.62. The normalized spacial score (nSPS) is 10.6. The molecule has 0 aliphatic carbocycles. The standard InChI is InChI=1S/C20H19ClFNO5/c1-26-17-10-14(9-16(21)20(17)27-2)5-8-19(25)28-12-18(24)23-11-13-3-6-15(22)7-4-13/h3-10H,11-12H2,1-2H3,(H,23,24)/b8-5+. The summed E-state index contributed by atoms with van der Waals surface area (Å²) in [6.45, 7) is -0.228. The van der Waals surface area contributed by atoms with Crippen LogP contribution in [-0.4, -0.2) is 32.7 Å². The summed E-state index contributed by atoms with van der Waals surface area (Å²) in [5.74, 6) is -0.709. The zero-order valence-electron chi connectivity index (χ0n) is 15.3. The number of halogens is 2. The minimum absolute atomic E-state index is 0.205. The number of hydrogen-bond donors (Lipinski definition) is 1. The molecule has 0 aliphatic heterocycles. The maximum absolute atomic E-state index is 12.8. The van der Waals surface area contributed by atoms with Gasteiger partial charge >= 0.3 is 5.97 Å². The molecule has 0 unspecified atom stereocenters. The Bertz CT molecular complexity index is 868. The number of carbonyl (C=O) groups is 2. The number of carbonyl (C=O) groups excluding carboxylic acids is 2. The minimum atomic E-state index is -0.692. The zero-order chi connectivity index (χ0) is 20.5. The molecule has 0 fully saturated rings. The predicted octanol–water partition coefficient (Wildman–Crippen LogP) is 3.37. The molecule has 0 bridgehead atoms. The van der Waals surface area contributed by atoms with Crippen molar-refractivity contribution in [1.29, 1.82) is 0 Å². The molecule has 1 amide bonds. The fraction of sp³-hybridized carbons (Fsp3) is 0.200. The van der Waals surface area contributed by atoms with Crippen molar-refractivity contribution in [2.45, 2.75) is 6.54 Å². The number of nitrogens with one attached hydrogen (secondary N) is 1. The Morgan fingerprint density at radius 2 is 1.86 bits per heavy atom. The molecule has 0 spiro atoms. The van der Waals surface area contributed by atoms with Crippen LogP contribution < -0.4 is 14.8 Å². The van der Waals surface area contributed by atoms with Crippen molar-refractivity contribution >= 4 is 29.6 Å². The van der Waals surface area contributed by atoms with Crippen LogP contribution >= 0.6 is 11.6 Å². The van der Waals surface area contributed by atoms with Crippen molar-refractivity contribution in [3.63, 3.8) is 0 Å². The van der Waals surface area contributed by atoms with Gasteiger partial charge in [-0.15, -0.1) is 0 Å². The van der Waals surface area contributed by atoms with Gasteiger partial charge in [0.15, 0.2) is 18.1 Å². The van der Waals surface area contributed by atoms with Crippen molar-refractivity contribution in [2.75, 3.05) is 20.8 Å². The van der Waals surface area contributed by atoms with E-state index in [1.807, 2.05) is 0 Å². The van der Waals surface area contributed by atoms with Crippen LogP contribution in [0.15, 0.2) is 42.5 Å². The summed E-state index contributed by atoms with van der Waals surface area (Å²) in [7, 11) is 2.94. The van der Waals surface area contributed by atoms with Gasteiger partial charge in [0.25, 0.3) is 5.91 Å². The fourth-order valence-corrected chi connectivity index (χ4v) is 2.53. The van der Waals surface area contributed by atoms with E-state index in [1.54, 1.807) is 24.3 Å². The van der Waals surface area contributed by atoms with E-state index in [0.717, 1.165) is 5.56 Å². The van der Waals surface area contributed by atoms with E-state index in [-0.39, 0.29) is 12.4 Å². The molecule has 6 nitrogen and oxygen atoms in total. The Labute approximate surface area is 166 Å². The topological polar surface area (TPSA) is 73.9 Å². The first-order valence-electron chi connectivity index (χ1n) is 8.20. The van der Waals surface area contributed by atoms with Crippen LogP contribution in [0.3, 0.4) is 0 Å². The maximum atomic E-state index is 12.8. The van der Waals surface area contributed by atoms with Gasteiger partial charge in [-0.2, -0.15) is 0 Å². The van der Waals surface area contributed by atoms with Crippen molar-refractivity contribution in [2.24, 2.45) is 0 Å². The molecule has 2 aromatic rings. The number of benzene rings is 2. The van der Waals surface area contributed by atoms with Gasteiger partial charge in [0, 0.05) is 12.6 Å². The summed E-state index contributed by atoms with van der Waals surface area (Å²) in [6.07, 6.45) is 2.65. The Hall–Kier alpha value is -3.06. The highest BCUT2D eigenvalue weighted by atomic mass is 35.5. The Kier molecular flexibility index (Phi) is 7.83. The number of methoxy groups -OCH3 is 2. The van der Waals surface area contributed by atoms with E-state index in [2.05, 4.69) is 5.32 Å². The molecule has 28 heavy (non-hydrogen) atoms. The van der Waals surface area contributed by atoms with Gasteiger partial charge in [-0.3, -0.25) is 4.79 Å². The second kappa shape index (κ2) is 10.3. The second-order valence-electron chi connectivity index (χ2n) is 5.58. The highest BCUT2D eigenvalue weighted by molar-refractivity contribution is 6.32. The van der Waals surface area contributed by atoms with Gasteiger partial charge in [0.2, 0.25) is 0 Å². The average Bonchev–Trinajstić information content (AvgIpc) is 2.69. The number of rotatable bonds is 8. The second-order valence-corrected chi connectivity index (χ2v) is 5.99. The smallest absolute Gasteiger partial charge is 0.331 e. The number of ether oxygens (including phenoxy) is 3. The molecule has 0 aromatic heterocycles.